The fourth-order valence-corrected chi connectivity index (χ4v) is 4.04. The average molecular weight is 450 g/mol. The zero-order valence-corrected chi connectivity index (χ0v) is 18.2. The zero-order chi connectivity index (χ0) is 21.9. The first-order chi connectivity index (χ1) is 15.6. The first kappa shape index (κ1) is 20.5. The van der Waals surface area contributed by atoms with Gasteiger partial charge in [-0.05, 0) is 62.1 Å². The lowest BCUT2D eigenvalue weighted by molar-refractivity contribution is 0.410. The predicted octanol–water partition coefficient (Wildman–Crippen LogP) is 5.00. The van der Waals surface area contributed by atoms with Gasteiger partial charge in [0.1, 0.15) is 28.2 Å². The molecular formula is C23H24ClN7O. The van der Waals surface area contributed by atoms with Gasteiger partial charge in [-0.1, -0.05) is 11.6 Å². The number of nitrogens with one attached hydrogen (secondary N) is 2. The number of halogens is 1. The number of aromatic nitrogens is 4. The van der Waals surface area contributed by atoms with Crippen LogP contribution < -0.4 is 21.1 Å². The maximum absolute atomic E-state index is 6.34. The van der Waals surface area contributed by atoms with Gasteiger partial charge in [-0.3, -0.25) is 4.98 Å². The number of pyridine rings is 1. The second-order valence-electron chi connectivity index (χ2n) is 7.95. The van der Waals surface area contributed by atoms with Gasteiger partial charge in [0, 0.05) is 30.0 Å². The van der Waals surface area contributed by atoms with E-state index in [9.17, 15) is 0 Å². The summed E-state index contributed by atoms with van der Waals surface area (Å²) >= 11 is 6.34. The number of nitrogens with two attached hydrogens (primary N) is 1. The van der Waals surface area contributed by atoms with Crippen molar-refractivity contribution in [1.82, 2.24) is 19.6 Å². The molecule has 0 unspecified atom stereocenters. The molecule has 0 spiro atoms. The number of hydrogen-bond donors (Lipinski definition) is 3. The molecule has 9 heteroatoms. The Bertz CT molecular complexity index is 1190. The molecule has 5 rings (SSSR count). The molecule has 164 valence electrons. The quantitative estimate of drug-likeness (QED) is 0.380. The van der Waals surface area contributed by atoms with E-state index >= 15 is 0 Å². The van der Waals surface area contributed by atoms with Crippen LogP contribution in [0, 0.1) is 0 Å². The van der Waals surface area contributed by atoms with E-state index in [0.29, 0.717) is 28.5 Å². The number of ether oxygens (including phenoxy) is 1. The molecule has 4 aromatic rings. The van der Waals surface area contributed by atoms with Crippen LogP contribution in [0.25, 0.3) is 5.65 Å². The standard InChI is InChI=1S/C23H24ClN7O/c24-20-14-27-31-22(12-21(30-23(20)31)28-16-5-3-15(25)4-6-16)29-17-7-9-18(10-8-17)32-19-2-1-11-26-13-19/h1-2,7-16,29H,3-6,25H2,(H,28,30)/t15-,16-. The number of benzene rings is 1. The number of nitrogens with zero attached hydrogens (tertiary/aromatic N) is 4. The van der Waals surface area contributed by atoms with Gasteiger partial charge in [0.05, 0.1) is 12.4 Å². The van der Waals surface area contributed by atoms with E-state index in [1.165, 1.54) is 0 Å². The third-order valence-corrected chi connectivity index (χ3v) is 5.82. The van der Waals surface area contributed by atoms with Crippen LogP contribution in [-0.2, 0) is 0 Å². The third kappa shape index (κ3) is 4.61. The lowest BCUT2D eigenvalue weighted by Crippen LogP contribution is -2.33. The lowest BCUT2D eigenvalue weighted by Gasteiger charge is -2.27. The summed E-state index contributed by atoms with van der Waals surface area (Å²) in [5.41, 5.74) is 7.53. The zero-order valence-electron chi connectivity index (χ0n) is 17.4. The van der Waals surface area contributed by atoms with Gasteiger partial charge in [0.2, 0.25) is 0 Å². The second kappa shape index (κ2) is 9.02. The second-order valence-corrected chi connectivity index (χ2v) is 8.36. The highest BCUT2D eigenvalue weighted by Gasteiger charge is 2.20. The molecule has 0 atom stereocenters. The molecular weight excluding hydrogens is 426 g/mol. The highest BCUT2D eigenvalue weighted by atomic mass is 35.5. The van der Waals surface area contributed by atoms with Crippen LogP contribution in [0.5, 0.6) is 11.5 Å². The van der Waals surface area contributed by atoms with E-state index < -0.39 is 0 Å². The van der Waals surface area contributed by atoms with Gasteiger partial charge in [0.25, 0.3) is 0 Å². The molecule has 0 amide bonds. The van der Waals surface area contributed by atoms with Crippen molar-refractivity contribution in [3.63, 3.8) is 0 Å². The van der Waals surface area contributed by atoms with Crippen molar-refractivity contribution >= 4 is 34.6 Å². The van der Waals surface area contributed by atoms with Crippen molar-refractivity contribution in [3.05, 3.63) is 66.1 Å². The van der Waals surface area contributed by atoms with E-state index in [1.807, 2.05) is 42.5 Å². The van der Waals surface area contributed by atoms with E-state index in [1.54, 1.807) is 23.1 Å². The maximum Gasteiger partial charge on any atom is 0.178 e. The number of hydrogen-bond acceptors (Lipinski definition) is 7. The van der Waals surface area contributed by atoms with Gasteiger partial charge in [-0.15, -0.1) is 0 Å². The van der Waals surface area contributed by atoms with Gasteiger partial charge in [-0.25, -0.2) is 4.98 Å². The Labute approximate surface area is 190 Å². The largest absolute Gasteiger partial charge is 0.456 e. The fourth-order valence-electron chi connectivity index (χ4n) is 3.87. The fraction of sp³-hybridized carbons (Fsp3) is 0.261. The first-order valence-electron chi connectivity index (χ1n) is 10.7. The first-order valence-corrected chi connectivity index (χ1v) is 11.0. The Hall–Kier alpha value is -3.36. The SMILES string of the molecule is N[C@H]1CC[C@H](Nc2cc(Nc3ccc(Oc4cccnc4)cc3)n3ncc(Cl)c3n2)CC1. The summed E-state index contributed by atoms with van der Waals surface area (Å²) in [6.07, 6.45) is 9.09. The molecule has 0 aliphatic heterocycles. The Morgan fingerprint density at radius 3 is 2.59 bits per heavy atom. The molecule has 1 aliphatic rings. The minimum Gasteiger partial charge on any atom is -0.456 e. The van der Waals surface area contributed by atoms with Crippen molar-refractivity contribution in [2.45, 2.75) is 37.8 Å². The van der Waals surface area contributed by atoms with Crippen LogP contribution in [0.1, 0.15) is 25.7 Å². The van der Waals surface area contributed by atoms with Crippen LogP contribution in [0.4, 0.5) is 17.3 Å². The monoisotopic (exact) mass is 449 g/mol. The topological polar surface area (TPSA) is 102 Å². The molecule has 0 saturated heterocycles. The van der Waals surface area contributed by atoms with Crippen LogP contribution in [0.2, 0.25) is 5.02 Å². The molecule has 0 radical (unpaired) electrons. The summed E-state index contributed by atoms with van der Waals surface area (Å²) in [5.74, 6) is 2.94. The van der Waals surface area contributed by atoms with Crippen molar-refractivity contribution in [3.8, 4) is 11.5 Å². The Morgan fingerprint density at radius 2 is 1.84 bits per heavy atom. The highest BCUT2D eigenvalue weighted by molar-refractivity contribution is 6.33. The summed E-state index contributed by atoms with van der Waals surface area (Å²) in [4.78, 5) is 8.73. The maximum atomic E-state index is 6.34. The molecule has 1 aliphatic carbocycles. The molecule has 3 heterocycles. The predicted molar refractivity (Wildman–Crippen MR) is 126 cm³/mol. The summed E-state index contributed by atoms with van der Waals surface area (Å²) < 4.78 is 7.51. The van der Waals surface area contributed by atoms with Crippen molar-refractivity contribution in [2.24, 2.45) is 5.73 Å². The van der Waals surface area contributed by atoms with Gasteiger partial charge in [-0.2, -0.15) is 9.61 Å². The Kier molecular flexibility index (Phi) is 5.79. The van der Waals surface area contributed by atoms with E-state index in [-0.39, 0.29) is 0 Å². The summed E-state index contributed by atoms with van der Waals surface area (Å²) in [6.45, 7) is 0. The summed E-state index contributed by atoms with van der Waals surface area (Å²) in [6, 6.07) is 14.0. The molecule has 4 N–H and O–H groups in total. The normalized spacial score (nSPS) is 18.4. The molecule has 1 saturated carbocycles. The molecule has 0 bridgehead atoms. The Morgan fingerprint density at radius 1 is 1.03 bits per heavy atom. The molecule has 8 nitrogen and oxygen atoms in total. The lowest BCUT2D eigenvalue weighted by atomic mass is 9.92. The minimum atomic E-state index is 0.301. The smallest absolute Gasteiger partial charge is 0.178 e. The molecule has 1 fully saturated rings. The third-order valence-electron chi connectivity index (χ3n) is 5.55. The number of rotatable bonds is 6. The van der Waals surface area contributed by atoms with Gasteiger partial charge in [0.15, 0.2) is 5.65 Å². The van der Waals surface area contributed by atoms with Crippen LogP contribution in [-0.4, -0.2) is 31.7 Å². The Balaban J connectivity index is 1.36. The van der Waals surface area contributed by atoms with E-state index in [0.717, 1.165) is 48.8 Å². The molecule has 1 aromatic carbocycles. The van der Waals surface area contributed by atoms with E-state index in [4.69, 9.17) is 22.1 Å². The van der Waals surface area contributed by atoms with Crippen molar-refractivity contribution in [1.29, 1.82) is 0 Å². The summed E-state index contributed by atoms with van der Waals surface area (Å²) in [7, 11) is 0. The number of anilines is 3. The van der Waals surface area contributed by atoms with E-state index in [2.05, 4.69) is 25.7 Å². The molecule has 3 aromatic heterocycles. The average Bonchev–Trinajstić information content (AvgIpc) is 3.18. The van der Waals surface area contributed by atoms with Gasteiger partial charge < -0.3 is 21.1 Å². The van der Waals surface area contributed by atoms with Crippen molar-refractivity contribution < 1.29 is 4.74 Å². The highest BCUT2D eigenvalue weighted by Crippen LogP contribution is 2.28. The summed E-state index contributed by atoms with van der Waals surface area (Å²) in [5, 5.41) is 11.8. The van der Waals surface area contributed by atoms with Crippen LogP contribution in [0.15, 0.2) is 61.1 Å². The van der Waals surface area contributed by atoms with Gasteiger partial charge >= 0.3 is 0 Å². The van der Waals surface area contributed by atoms with Crippen molar-refractivity contribution in [2.75, 3.05) is 10.6 Å². The van der Waals surface area contributed by atoms with Crippen LogP contribution in [0.3, 0.4) is 0 Å². The molecule has 32 heavy (non-hydrogen) atoms. The minimum absolute atomic E-state index is 0.301. The van der Waals surface area contributed by atoms with Crippen LogP contribution >= 0.6 is 11.6 Å². The number of fused-ring (bicyclic) bond motifs is 1.